The van der Waals surface area contributed by atoms with E-state index in [0.29, 0.717) is 21.9 Å². The molecule has 1 N–H and O–H groups in total. The van der Waals surface area contributed by atoms with Crippen LogP contribution in [0.2, 0.25) is 0 Å². The molecule has 6 rings (SSSR count). The van der Waals surface area contributed by atoms with Gasteiger partial charge in [0.15, 0.2) is 0 Å². The van der Waals surface area contributed by atoms with Crippen molar-refractivity contribution in [2.75, 3.05) is 17.3 Å². The first-order valence-corrected chi connectivity index (χ1v) is 14.8. The minimum Gasteiger partial charge on any atom is -0.497 e. The number of rotatable bonds is 6. The van der Waals surface area contributed by atoms with Gasteiger partial charge in [0.25, 0.3) is 0 Å². The number of imide groups is 1. The molecule has 3 amide bonds. The number of para-hydroxylation sites is 1. The van der Waals surface area contributed by atoms with Crippen LogP contribution >= 0.6 is 23.1 Å². The summed E-state index contributed by atoms with van der Waals surface area (Å²) in [5, 5.41) is 1.48. The number of ether oxygens (including phenoxy) is 1. The van der Waals surface area contributed by atoms with Gasteiger partial charge in [-0.25, -0.2) is 9.29 Å². The monoisotopic (exact) mass is 643 g/mol. The number of methoxy groups -OCH3 is 1. The normalized spacial score (nSPS) is 19.5. The SMILES string of the molecule is COc1ccc(N2C(=O)C3Sc4c(sc(=O)n4CC(=O)Nc4ccccc4C(F)(F)F)[C@H](c4ccc(F)cc4)C3C2=O)cc1. The number of amides is 3. The largest absolute Gasteiger partial charge is 0.497 e. The summed E-state index contributed by atoms with van der Waals surface area (Å²) in [5.74, 6) is -3.72. The molecule has 8 nitrogen and oxygen atoms in total. The number of thiazole rings is 1. The molecular formula is C30H21F4N3O5S2. The molecule has 44 heavy (non-hydrogen) atoms. The first-order valence-electron chi connectivity index (χ1n) is 13.1. The van der Waals surface area contributed by atoms with E-state index in [0.717, 1.165) is 44.7 Å². The van der Waals surface area contributed by atoms with Crippen LogP contribution in [-0.2, 0) is 27.1 Å². The number of fused-ring (bicyclic) bond motifs is 2. The molecule has 0 bridgehead atoms. The van der Waals surface area contributed by atoms with E-state index >= 15 is 0 Å². The number of nitrogens with zero attached hydrogens (tertiary/aromatic N) is 2. The van der Waals surface area contributed by atoms with Gasteiger partial charge in [-0.3, -0.25) is 23.7 Å². The molecule has 0 saturated carbocycles. The van der Waals surface area contributed by atoms with Crippen LogP contribution in [0.4, 0.5) is 28.9 Å². The quantitative estimate of drug-likeness (QED) is 0.220. The average Bonchev–Trinajstić information content (AvgIpc) is 3.43. The molecule has 0 spiro atoms. The number of nitrogens with one attached hydrogen (secondary N) is 1. The fourth-order valence-corrected chi connectivity index (χ4v) is 8.22. The molecule has 2 aliphatic rings. The Morgan fingerprint density at radius 1 is 0.955 bits per heavy atom. The third kappa shape index (κ3) is 5.17. The lowest BCUT2D eigenvalue weighted by atomic mass is 9.83. The Morgan fingerprint density at radius 2 is 1.64 bits per heavy atom. The second kappa shape index (κ2) is 11.2. The lowest BCUT2D eigenvalue weighted by molar-refractivity contribution is -0.137. The van der Waals surface area contributed by atoms with Crippen molar-refractivity contribution in [3.05, 3.63) is 104 Å². The zero-order chi connectivity index (χ0) is 31.3. The Labute approximate surface area is 255 Å². The van der Waals surface area contributed by atoms with E-state index in [2.05, 4.69) is 5.32 Å². The molecular weight excluding hydrogens is 622 g/mol. The van der Waals surface area contributed by atoms with Crippen LogP contribution in [0.15, 0.2) is 82.6 Å². The van der Waals surface area contributed by atoms with Gasteiger partial charge in [0.2, 0.25) is 17.7 Å². The molecule has 2 unspecified atom stereocenters. The van der Waals surface area contributed by atoms with Gasteiger partial charge in [-0.05, 0) is 54.1 Å². The number of carbonyl (C=O) groups excluding carboxylic acids is 3. The van der Waals surface area contributed by atoms with Gasteiger partial charge in [-0.15, -0.1) is 0 Å². The maximum absolute atomic E-state index is 13.9. The van der Waals surface area contributed by atoms with Crippen molar-refractivity contribution in [3.8, 4) is 5.75 Å². The summed E-state index contributed by atoms with van der Waals surface area (Å²) >= 11 is 1.72. The van der Waals surface area contributed by atoms with Gasteiger partial charge in [-0.2, -0.15) is 13.2 Å². The Morgan fingerprint density at radius 3 is 2.30 bits per heavy atom. The van der Waals surface area contributed by atoms with Gasteiger partial charge in [0.05, 0.1) is 35.0 Å². The Kier molecular flexibility index (Phi) is 7.58. The summed E-state index contributed by atoms with van der Waals surface area (Å²) in [6, 6.07) is 16.2. The fraction of sp³-hybridized carbons (Fsp3) is 0.200. The van der Waals surface area contributed by atoms with Crippen molar-refractivity contribution in [2.24, 2.45) is 5.92 Å². The Hall–Kier alpha value is -4.43. The smallest absolute Gasteiger partial charge is 0.418 e. The van der Waals surface area contributed by atoms with Gasteiger partial charge < -0.3 is 10.1 Å². The summed E-state index contributed by atoms with van der Waals surface area (Å²) in [4.78, 5) is 54.8. The van der Waals surface area contributed by atoms with Gasteiger partial charge in [0, 0.05) is 10.8 Å². The molecule has 0 aliphatic carbocycles. The van der Waals surface area contributed by atoms with Crippen LogP contribution in [0.1, 0.15) is 21.9 Å². The van der Waals surface area contributed by atoms with Gasteiger partial charge >= 0.3 is 11.0 Å². The standard InChI is InChI=1S/C30H21F4N3O5S2/c1-42-18-12-10-17(11-13-18)37-26(39)23-22(15-6-8-16(31)9-7-15)25-28(43-24(23)27(37)40)36(29(41)44-25)14-21(38)35-20-5-3-2-4-19(20)30(32,33)34/h2-13,22-24H,14H2,1H3,(H,35,38)/t22-,23?,24?/m1/s1. The molecule has 1 aromatic heterocycles. The van der Waals surface area contributed by atoms with Crippen LogP contribution in [-0.4, -0.2) is 34.6 Å². The molecule has 3 aromatic carbocycles. The van der Waals surface area contributed by atoms with E-state index in [1.807, 2.05) is 0 Å². The number of alkyl halides is 3. The first-order chi connectivity index (χ1) is 21.0. The van der Waals surface area contributed by atoms with Crippen molar-refractivity contribution in [3.63, 3.8) is 0 Å². The number of carbonyl (C=O) groups is 3. The molecule has 3 heterocycles. The number of hydrogen-bond donors (Lipinski definition) is 1. The number of hydrogen-bond acceptors (Lipinski definition) is 7. The maximum atomic E-state index is 13.9. The minimum absolute atomic E-state index is 0.243. The molecule has 0 radical (unpaired) electrons. The van der Waals surface area contributed by atoms with Crippen LogP contribution in [0.3, 0.4) is 0 Å². The summed E-state index contributed by atoms with van der Waals surface area (Å²) in [7, 11) is 1.48. The number of halogens is 4. The molecule has 1 saturated heterocycles. The van der Waals surface area contributed by atoms with E-state index < -0.39 is 69.5 Å². The van der Waals surface area contributed by atoms with Crippen molar-refractivity contribution in [1.29, 1.82) is 0 Å². The van der Waals surface area contributed by atoms with Crippen molar-refractivity contribution < 1.29 is 36.7 Å². The maximum Gasteiger partial charge on any atom is 0.418 e. The van der Waals surface area contributed by atoms with Crippen LogP contribution in [0, 0.1) is 11.7 Å². The molecule has 1 fully saturated rings. The van der Waals surface area contributed by atoms with Crippen LogP contribution < -0.4 is 19.8 Å². The molecule has 14 heteroatoms. The van der Waals surface area contributed by atoms with Crippen molar-refractivity contribution in [2.45, 2.75) is 28.9 Å². The number of aromatic nitrogens is 1. The van der Waals surface area contributed by atoms with E-state index in [1.54, 1.807) is 24.3 Å². The minimum atomic E-state index is -4.72. The number of benzene rings is 3. The van der Waals surface area contributed by atoms with E-state index in [-0.39, 0.29) is 5.03 Å². The molecule has 2 aliphatic heterocycles. The summed E-state index contributed by atoms with van der Waals surface area (Å²) in [5.41, 5.74) is -0.712. The zero-order valence-corrected chi connectivity index (χ0v) is 24.3. The highest BCUT2D eigenvalue weighted by Gasteiger charge is 2.56. The van der Waals surface area contributed by atoms with Crippen molar-refractivity contribution in [1.82, 2.24) is 4.57 Å². The van der Waals surface area contributed by atoms with Crippen molar-refractivity contribution >= 4 is 52.2 Å². The molecule has 226 valence electrons. The Balaban J connectivity index is 1.39. The molecule has 4 aromatic rings. The van der Waals surface area contributed by atoms with Gasteiger partial charge in [0.1, 0.15) is 23.4 Å². The number of thioether (sulfide) groups is 1. The predicted octanol–water partition coefficient (Wildman–Crippen LogP) is 5.51. The third-order valence-corrected chi connectivity index (χ3v) is 10.0. The lowest BCUT2D eigenvalue weighted by Gasteiger charge is -2.30. The predicted molar refractivity (Wildman–Crippen MR) is 156 cm³/mol. The zero-order valence-electron chi connectivity index (χ0n) is 22.6. The van der Waals surface area contributed by atoms with Crippen LogP contribution in [0.25, 0.3) is 0 Å². The van der Waals surface area contributed by atoms with Gasteiger partial charge in [-0.1, -0.05) is 47.4 Å². The van der Waals surface area contributed by atoms with E-state index in [4.69, 9.17) is 4.74 Å². The summed E-state index contributed by atoms with van der Waals surface area (Å²) in [6.07, 6.45) is -4.72. The summed E-state index contributed by atoms with van der Waals surface area (Å²) < 4.78 is 60.6. The topological polar surface area (TPSA) is 97.7 Å². The highest BCUT2D eigenvalue weighted by Crippen LogP contribution is 2.54. The average molecular weight is 644 g/mol. The first kappa shape index (κ1) is 29.6. The third-order valence-electron chi connectivity index (χ3n) is 7.42. The Bertz CT molecular complexity index is 1840. The highest BCUT2D eigenvalue weighted by atomic mass is 32.2. The van der Waals surface area contributed by atoms with E-state index in [1.165, 1.54) is 43.5 Å². The number of anilines is 2. The van der Waals surface area contributed by atoms with Crippen LogP contribution in [0.5, 0.6) is 5.75 Å². The molecule has 3 atom stereocenters. The lowest BCUT2D eigenvalue weighted by Crippen LogP contribution is -2.33. The second-order valence-corrected chi connectivity index (χ2v) is 12.1. The highest BCUT2D eigenvalue weighted by molar-refractivity contribution is 8.00. The second-order valence-electron chi connectivity index (χ2n) is 10.0. The summed E-state index contributed by atoms with van der Waals surface area (Å²) in [6.45, 7) is -0.637. The fourth-order valence-electron chi connectivity index (χ4n) is 5.44. The van der Waals surface area contributed by atoms with E-state index in [9.17, 15) is 36.7 Å².